The zero-order chi connectivity index (χ0) is 22.1. The van der Waals surface area contributed by atoms with Gasteiger partial charge in [0.05, 0.1) is 23.0 Å². The van der Waals surface area contributed by atoms with Gasteiger partial charge < -0.3 is 5.32 Å². The molecule has 5 rings (SSSR count). The van der Waals surface area contributed by atoms with Crippen LogP contribution < -0.4 is 21.1 Å². The number of thioether (sulfide) groups is 1. The number of amides is 2. The van der Waals surface area contributed by atoms with Gasteiger partial charge in [0, 0.05) is 11.9 Å². The van der Waals surface area contributed by atoms with Crippen LogP contribution in [0.2, 0.25) is 0 Å². The van der Waals surface area contributed by atoms with E-state index in [-0.39, 0.29) is 29.2 Å². The van der Waals surface area contributed by atoms with Crippen LogP contribution >= 0.6 is 11.8 Å². The Balaban J connectivity index is 1.44. The van der Waals surface area contributed by atoms with Crippen LogP contribution in [-0.4, -0.2) is 35.4 Å². The molecule has 0 aliphatic carbocycles. The van der Waals surface area contributed by atoms with Crippen LogP contribution in [0.1, 0.15) is 0 Å². The van der Waals surface area contributed by atoms with E-state index in [2.05, 4.69) is 16.2 Å². The highest BCUT2D eigenvalue weighted by atomic mass is 32.2. The zero-order valence-electron chi connectivity index (χ0n) is 16.9. The first kappa shape index (κ1) is 20.6. The number of rotatable bonds is 4. The Morgan fingerprint density at radius 3 is 2.78 bits per heavy atom. The molecule has 0 spiro atoms. The average Bonchev–Trinajstić information content (AvgIpc) is 3.28. The van der Waals surface area contributed by atoms with E-state index in [4.69, 9.17) is 4.99 Å². The average molecular weight is 450 g/mol. The third kappa shape index (κ3) is 3.86. The standard InChI is InChI=1S/C23H20FN5O2S/c24-17-9-3-4-10-18(17)26-20(30)13-32-23-27-21-16(12-25-28-21)22(31)29(23)19-11-5-7-14-6-1-2-8-15(14)19/h1-11,16,21,25,28H,12-13H2,(H,26,30). The van der Waals surface area contributed by atoms with Gasteiger partial charge in [-0.2, -0.15) is 0 Å². The van der Waals surface area contributed by atoms with E-state index in [9.17, 15) is 14.0 Å². The van der Waals surface area contributed by atoms with Crippen molar-refractivity contribution in [2.45, 2.75) is 6.17 Å². The number of carbonyl (C=O) groups is 2. The molecule has 2 aliphatic rings. The van der Waals surface area contributed by atoms with Crippen molar-refractivity contribution in [3.05, 3.63) is 72.5 Å². The summed E-state index contributed by atoms with van der Waals surface area (Å²) in [7, 11) is 0. The van der Waals surface area contributed by atoms with Crippen LogP contribution in [0.4, 0.5) is 15.8 Å². The van der Waals surface area contributed by atoms with Gasteiger partial charge in [0.2, 0.25) is 11.8 Å². The molecule has 3 N–H and O–H groups in total. The highest BCUT2D eigenvalue weighted by Gasteiger charge is 2.42. The van der Waals surface area contributed by atoms with E-state index in [1.807, 2.05) is 42.5 Å². The van der Waals surface area contributed by atoms with Crippen molar-refractivity contribution in [1.82, 2.24) is 10.9 Å². The van der Waals surface area contributed by atoms with Crippen LogP contribution in [0, 0.1) is 11.7 Å². The summed E-state index contributed by atoms with van der Waals surface area (Å²) in [5.41, 5.74) is 6.85. The zero-order valence-corrected chi connectivity index (χ0v) is 17.7. The van der Waals surface area contributed by atoms with Crippen LogP contribution in [-0.2, 0) is 9.59 Å². The number of halogens is 1. The van der Waals surface area contributed by atoms with Crippen LogP contribution in [0.3, 0.4) is 0 Å². The Kier molecular flexibility index (Phi) is 5.60. The summed E-state index contributed by atoms with van der Waals surface area (Å²) < 4.78 is 13.9. The van der Waals surface area contributed by atoms with E-state index in [0.717, 1.165) is 28.2 Å². The van der Waals surface area contributed by atoms with E-state index in [1.165, 1.54) is 12.1 Å². The predicted molar refractivity (Wildman–Crippen MR) is 125 cm³/mol. The number of anilines is 2. The maximum Gasteiger partial charge on any atom is 0.241 e. The Morgan fingerprint density at radius 1 is 1.12 bits per heavy atom. The molecule has 9 heteroatoms. The molecule has 1 saturated heterocycles. The fourth-order valence-corrected chi connectivity index (χ4v) is 4.71. The third-order valence-electron chi connectivity index (χ3n) is 5.42. The Hall–Kier alpha value is -3.27. The lowest BCUT2D eigenvalue weighted by atomic mass is 10.0. The lowest BCUT2D eigenvalue weighted by Gasteiger charge is -2.33. The molecule has 7 nitrogen and oxygen atoms in total. The molecule has 2 amide bonds. The molecular weight excluding hydrogens is 429 g/mol. The number of hydrazine groups is 1. The molecule has 3 aromatic carbocycles. The second-order valence-electron chi connectivity index (χ2n) is 7.48. The van der Waals surface area contributed by atoms with E-state index in [1.54, 1.807) is 17.0 Å². The highest BCUT2D eigenvalue weighted by Crippen LogP contribution is 2.34. The quantitative estimate of drug-likeness (QED) is 0.570. The minimum Gasteiger partial charge on any atom is -0.323 e. The van der Waals surface area contributed by atoms with Crippen molar-refractivity contribution >= 4 is 50.9 Å². The summed E-state index contributed by atoms with van der Waals surface area (Å²) in [6.45, 7) is 0.472. The molecule has 0 radical (unpaired) electrons. The van der Waals surface area contributed by atoms with Gasteiger partial charge in [-0.3, -0.25) is 19.9 Å². The van der Waals surface area contributed by atoms with Crippen molar-refractivity contribution < 1.29 is 14.0 Å². The SMILES string of the molecule is O=C(CSC1=NC2NNCC2C(=O)N1c1cccc2ccccc12)Nc1ccccc1F. The number of carbonyl (C=O) groups excluding carboxylic acids is 2. The normalized spacial score (nSPS) is 20.2. The molecule has 2 unspecified atom stereocenters. The van der Waals surface area contributed by atoms with E-state index in [0.29, 0.717) is 11.7 Å². The second-order valence-corrected chi connectivity index (χ2v) is 8.42. The first-order valence-corrected chi connectivity index (χ1v) is 11.2. The Morgan fingerprint density at radius 2 is 1.91 bits per heavy atom. The van der Waals surface area contributed by atoms with Gasteiger partial charge in [-0.15, -0.1) is 0 Å². The number of para-hydroxylation sites is 1. The van der Waals surface area contributed by atoms with Crippen LogP contribution in [0.5, 0.6) is 0 Å². The molecule has 2 atom stereocenters. The maximum absolute atomic E-state index is 13.9. The number of nitrogens with zero attached hydrogens (tertiary/aromatic N) is 2. The van der Waals surface area contributed by atoms with Crippen molar-refractivity contribution in [3.63, 3.8) is 0 Å². The molecule has 2 heterocycles. The van der Waals surface area contributed by atoms with Gasteiger partial charge >= 0.3 is 0 Å². The molecule has 0 aromatic heterocycles. The summed E-state index contributed by atoms with van der Waals surface area (Å²) >= 11 is 1.15. The third-order valence-corrected chi connectivity index (χ3v) is 6.37. The van der Waals surface area contributed by atoms with Gasteiger partial charge in [0.25, 0.3) is 0 Å². The lowest BCUT2D eigenvalue weighted by molar-refractivity contribution is -0.121. The maximum atomic E-state index is 13.9. The first-order valence-electron chi connectivity index (χ1n) is 10.2. The number of benzene rings is 3. The molecule has 162 valence electrons. The summed E-state index contributed by atoms with van der Waals surface area (Å²) in [6, 6.07) is 19.6. The highest BCUT2D eigenvalue weighted by molar-refractivity contribution is 8.14. The lowest BCUT2D eigenvalue weighted by Crippen LogP contribution is -2.49. The second kappa shape index (κ2) is 8.70. The summed E-state index contributed by atoms with van der Waals surface area (Å²) in [5.74, 6) is -1.33. The molecule has 0 bridgehead atoms. The van der Waals surface area contributed by atoms with Crippen LogP contribution in [0.25, 0.3) is 10.8 Å². The fourth-order valence-electron chi connectivity index (χ4n) is 3.87. The minimum absolute atomic E-state index is 0.0213. The number of fused-ring (bicyclic) bond motifs is 2. The monoisotopic (exact) mass is 449 g/mol. The molecule has 0 saturated carbocycles. The Labute approximate surface area is 188 Å². The molecule has 2 aliphatic heterocycles. The van der Waals surface area contributed by atoms with Gasteiger partial charge in [-0.1, -0.05) is 60.3 Å². The topological polar surface area (TPSA) is 85.8 Å². The van der Waals surface area contributed by atoms with Gasteiger partial charge in [0.15, 0.2) is 5.17 Å². The van der Waals surface area contributed by atoms with Crippen molar-refractivity contribution in [3.8, 4) is 0 Å². The molecule has 3 aromatic rings. The first-order chi connectivity index (χ1) is 15.6. The summed E-state index contributed by atoms with van der Waals surface area (Å²) in [4.78, 5) is 32.2. The fraction of sp³-hybridized carbons (Fsp3) is 0.174. The summed E-state index contributed by atoms with van der Waals surface area (Å²) in [6.07, 6.45) is -0.397. The smallest absolute Gasteiger partial charge is 0.241 e. The van der Waals surface area contributed by atoms with E-state index >= 15 is 0 Å². The van der Waals surface area contributed by atoms with Gasteiger partial charge in [-0.05, 0) is 23.6 Å². The van der Waals surface area contributed by atoms with Crippen molar-refractivity contribution in [2.75, 3.05) is 22.5 Å². The Bertz CT molecular complexity index is 1230. The van der Waals surface area contributed by atoms with Gasteiger partial charge in [-0.25, -0.2) is 14.8 Å². The number of aliphatic imine (C=N–C) groups is 1. The molecule has 32 heavy (non-hydrogen) atoms. The molecule has 1 fully saturated rings. The van der Waals surface area contributed by atoms with E-state index < -0.39 is 12.0 Å². The predicted octanol–water partition coefficient (Wildman–Crippen LogP) is 3.10. The minimum atomic E-state index is -0.502. The largest absolute Gasteiger partial charge is 0.323 e. The number of amidine groups is 1. The molecular formula is C23H20FN5O2S. The van der Waals surface area contributed by atoms with Gasteiger partial charge in [0.1, 0.15) is 12.0 Å². The number of hydrogen-bond donors (Lipinski definition) is 3. The van der Waals surface area contributed by atoms with Crippen molar-refractivity contribution in [1.29, 1.82) is 0 Å². The van der Waals surface area contributed by atoms with Crippen molar-refractivity contribution in [2.24, 2.45) is 10.9 Å². The summed E-state index contributed by atoms with van der Waals surface area (Å²) in [5, 5.41) is 4.92. The number of nitrogens with one attached hydrogen (secondary N) is 3. The number of hydrogen-bond acceptors (Lipinski definition) is 6. The van der Waals surface area contributed by atoms with Crippen LogP contribution in [0.15, 0.2) is 71.7 Å².